The van der Waals surface area contributed by atoms with E-state index in [0.29, 0.717) is 25.8 Å². The molecule has 1 fully saturated rings. The number of hydrogen-bond donors (Lipinski definition) is 1. The normalized spacial score (nSPS) is 20.0. The molecule has 0 spiro atoms. The number of likely N-dealkylation sites (N-methyl/N-ethyl adjacent to an activating group) is 1. The number of nitrogens with zero attached hydrogens (tertiary/aromatic N) is 1. The van der Waals surface area contributed by atoms with Gasteiger partial charge in [-0.05, 0) is 37.1 Å². The standard InChI is InChI=1S/C17H26N2O2/c1-2-19(14-5-3-4-6-14)15(12-18)13-7-8-16-17(11-13)21-10-9-20-16/h7-8,11,14-15H,2-6,9-10,12,18H2,1H3. The first-order valence-electron chi connectivity index (χ1n) is 8.19. The molecule has 0 radical (unpaired) electrons. The number of fused-ring (bicyclic) bond motifs is 1. The molecular weight excluding hydrogens is 264 g/mol. The van der Waals surface area contributed by atoms with Gasteiger partial charge >= 0.3 is 0 Å². The summed E-state index contributed by atoms with van der Waals surface area (Å²) in [4.78, 5) is 2.57. The largest absolute Gasteiger partial charge is 0.486 e. The van der Waals surface area contributed by atoms with Crippen LogP contribution in [0.5, 0.6) is 11.5 Å². The van der Waals surface area contributed by atoms with Gasteiger partial charge in [-0.15, -0.1) is 0 Å². The highest BCUT2D eigenvalue weighted by Crippen LogP contribution is 2.36. The minimum absolute atomic E-state index is 0.272. The maximum atomic E-state index is 6.11. The fourth-order valence-corrected chi connectivity index (χ4v) is 3.70. The third-order valence-electron chi connectivity index (χ3n) is 4.73. The zero-order valence-corrected chi connectivity index (χ0v) is 12.9. The highest BCUT2D eigenvalue weighted by atomic mass is 16.6. The number of ether oxygens (including phenoxy) is 2. The Morgan fingerprint density at radius 2 is 1.90 bits per heavy atom. The average Bonchev–Trinajstić information content (AvgIpc) is 3.06. The number of hydrogen-bond acceptors (Lipinski definition) is 4. The molecule has 1 unspecified atom stereocenters. The van der Waals surface area contributed by atoms with E-state index in [1.807, 2.05) is 6.07 Å². The molecule has 3 rings (SSSR count). The lowest BCUT2D eigenvalue weighted by atomic mass is 10.0. The van der Waals surface area contributed by atoms with E-state index in [2.05, 4.69) is 24.0 Å². The monoisotopic (exact) mass is 290 g/mol. The van der Waals surface area contributed by atoms with Crippen molar-refractivity contribution in [2.45, 2.75) is 44.7 Å². The van der Waals surface area contributed by atoms with Crippen molar-refractivity contribution in [3.8, 4) is 11.5 Å². The molecule has 0 bridgehead atoms. The van der Waals surface area contributed by atoms with Gasteiger partial charge in [-0.3, -0.25) is 4.90 Å². The second-order valence-corrected chi connectivity index (χ2v) is 5.92. The molecule has 1 heterocycles. The van der Waals surface area contributed by atoms with E-state index >= 15 is 0 Å². The summed E-state index contributed by atoms with van der Waals surface area (Å²) in [5.41, 5.74) is 7.36. The molecule has 1 saturated carbocycles. The fourth-order valence-electron chi connectivity index (χ4n) is 3.70. The predicted octanol–water partition coefficient (Wildman–Crippen LogP) is 2.72. The van der Waals surface area contributed by atoms with Crippen LogP contribution in [0, 0.1) is 0 Å². The van der Waals surface area contributed by atoms with Crippen LogP contribution in [0.3, 0.4) is 0 Å². The topological polar surface area (TPSA) is 47.7 Å². The summed E-state index contributed by atoms with van der Waals surface area (Å²) in [5.74, 6) is 1.71. The predicted molar refractivity (Wildman–Crippen MR) is 83.9 cm³/mol. The van der Waals surface area contributed by atoms with Gasteiger partial charge in [0, 0.05) is 18.6 Å². The van der Waals surface area contributed by atoms with Crippen molar-refractivity contribution >= 4 is 0 Å². The first kappa shape index (κ1) is 14.7. The van der Waals surface area contributed by atoms with Crippen molar-refractivity contribution in [3.63, 3.8) is 0 Å². The summed E-state index contributed by atoms with van der Waals surface area (Å²) in [6.07, 6.45) is 5.29. The maximum Gasteiger partial charge on any atom is 0.161 e. The second-order valence-electron chi connectivity index (χ2n) is 5.92. The summed E-state index contributed by atoms with van der Waals surface area (Å²) in [7, 11) is 0. The molecule has 1 aliphatic heterocycles. The van der Waals surface area contributed by atoms with Crippen molar-refractivity contribution in [1.82, 2.24) is 4.90 Å². The summed E-state index contributed by atoms with van der Waals surface area (Å²) in [6, 6.07) is 7.23. The van der Waals surface area contributed by atoms with Gasteiger partial charge in [0.1, 0.15) is 13.2 Å². The second kappa shape index (κ2) is 6.67. The van der Waals surface area contributed by atoms with E-state index in [9.17, 15) is 0 Å². The fraction of sp³-hybridized carbons (Fsp3) is 0.647. The minimum Gasteiger partial charge on any atom is -0.486 e. The first-order chi connectivity index (χ1) is 10.3. The lowest BCUT2D eigenvalue weighted by molar-refractivity contribution is 0.145. The third-order valence-corrected chi connectivity index (χ3v) is 4.73. The summed E-state index contributed by atoms with van der Waals surface area (Å²) in [5, 5.41) is 0. The van der Waals surface area contributed by atoms with Crippen LogP contribution in [-0.2, 0) is 0 Å². The molecule has 116 valence electrons. The molecule has 4 nitrogen and oxygen atoms in total. The van der Waals surface area contributed by atoms with Gasteiger partial charge in [0.25, 0.3) is 0 Å². The molecule has 1 aliphatic carbocycles. The molecule has 2 aliphatic rings. The average molecular weight is 290 g/mol. The summed E-state index contributed by atoms with van der Waals surface area (Å²) < 4.78 is 11.3. The first-order valence-corrected chi connectivity index (χ1v) is 8.19. The SMILES string of the molecule is CCN(C1CCCC1)C(CN)c1ccc2c(c1)OCCO2. The van der Waals surface area contributed by atoms with Crippen LogP contribution >= 0.6 is 0 Å². The van der Waals surface area contributed by atoms with Gasteiger partial charge in [0.2, 0.25) is 0 Å². The Bertz CT molecular complexity index is 472. The summed E-state index contributed by atoms with van der Waals surface area (Å²) in [6.45, 7) is 5.18. The summed E-state index contributed by atoms with van der Waals surface area (Å²) >= 11 is 0. The Hall–Kier alpha value is -1.26. The van der Waals surface area contributed by atoms with Crippen LogP contribution < -0.4 is 15.2 Å². The van der Waals surface area contributed by atoms with E-state index in [0.717, 1.165) is 18.0 Å². The van der Waals surface area contributed by atoms with E-state index in [1.54, 1.807) is 0 Å². The molecule has 0 amide bonds. The molecule has 1 atom stereocenters. The Labute approximate surface area is 127 Å². The highest BCUT2D eigenvalue weighted by Gasteiger charge is 2.28. The highest BCUT2D eigenvalue weighted by molar-refractivity contribution is 5.44. The van der Waals surface area contributed by atoms with Crippen LogP contribution in [0.15, 0.2) is 18.2 Å². The van der Waals surface area contributed by atoms with Crippen molar-refractivity contribution < 1.29 is 9.47 Å². The Kier molecular flexibility index (Phi) is 4.66. The van der Waals surface area contributed by atoms with Crippen LogP contribution in [0.25, 0.3) is 0 Å². The van der Waals surface area contributed by atoms with Gasteiger partial charge < -0.3 is 15.2 Å². The van der Waals surface area contributed by atoms with Crippen molar-refractivity contribution in [3.05, 3.63) is 23.8 Å². The van der Waals surface area contributed by atoms with Gasteiger partial charge in [-0.1, -0.05) is 25.8 Å². The molecule has 0 saturated heterocycles. The van der Waals surface area contributed by atoms with E-state index in [4.69, 9.17) is 15.2 Å². The molecule has 21 heavy (non-hydrogen) atoms. The van der Waals surface area contributed by atoms with Crippen molar-refractivity contribution in [2.75, 3.05) is 26.3 Å². The van der Waals surface area contributed by atoms with Crippen molar-refractivity contribution in [2.24, 2.45) is 5.73 Å². The zero-order valence-electron chi connectivity index (χ0n) is 12.9. The quantitative estimate of drug-likeness (QED) is 0.906. The molecule has 2 N–H and O–H groups in total. The minimum atomic E-state index is 0.272. The number of nitrogens with two attached hydrogens (primary N) is 1. The van der Waals surface area contributed by atoms with Gasteiger partial charge in [0.05, 0.1) is 0 Å². The lowest BCUT2D eigenvalue weighted by Crippen LogP contribution is -2.40. The van der Waals surface area contributed by atoms with E-state index in [1.165, 1.54) is 31.2 Å². The molecule has 0 aromatic heterocycles. The van der Waals surface area contributed by atoms with Crippen LogP contribution in [0.2, 0.25) is 0 Å². The van der Waals surface area contributed by atoms with Gasteiger partial charge in [-0.2, -0.15) is 0 Å². The molecule has 1 aromatic carbocycles. The molecule has 1 aromatic rings. The zero-order chi connectivity index (χ0) is 14.7. The molecular formula is C17H26N2O2. The Morgan fingerprint density at radius 3 is 2.57 bits per heavy atom. The number of benzene rings is 1. The Morgan fingerprint density at radius 1 is 1.19 bits per heavy atom. The van der Waals surface area contributed by atoms with Gasteiger partial charge in [0.15, 0.2) is 11.5 Å². The van der Waals surface area contributed by atoms with Crippen molar-refractivity contribution in [1.29, 1.82) is 0 Å². The Balaban J connectivity index is 1.84. The van der Waals surface area contributed by atoms with Gasteiger partial charge in [-0.25, -0.2) is 0 Å². The third kappa shape index (κ3) is 3.01. The number of rotatable bonds is 5. The molecule has 4 heteroatoms. The van der Waals surface area contributed by atoms with Crippen LogP contribution in [0.4, 0.5) is 0 Å². The van der Waals surface area contributed by atoms with Crippen LogP contribution in [-0.4, -0.2) is 37.2 Å². The van der Waals surface area contributed by atoms with E-state index < -0.39 is 0 Å². The lowest BCUT2D eigenvalue weighted by Gasteiger charge is -2.35. The smallest absolute Gasteiger partial charge is 0.161 e. The maximum absolute atomic E-state index is 6.11. The van der Waals surface area contributed by atoms with E-state index in [-0.39, 0.29) is 6.04 Å². The van der Waals surface area contributed by atoms with Crippen LogP contribution in [0.1, 0.15) is 44.2 Å².